The zero-order chi connectivity index (χ0) is 12.5. The molecule has 18 heavy (non-hydrogen) atoms. The van der Waals surface area contributed by atoms with Crippen LogP contribution in [0.4, 0.5) is 0 Å². The molecule has 1 atom stereocenters. The van der Waals surface area contributed by atoms with Crippen molar-refractivity contribution < 1.29 is 0 Å². The molecule has 0 spiro atoms. The van der Waals surface area contributed by atoms with Crippen LogP contribution in [0, 0.1) is 0 Å². The molecular weight excluding hydrogens is 328 g/mol. The molecule has 0 bridgehead atoms. The van der Waals surface area contributed by atoms with E-state index in [1.54, 1.807) is 22.7 Å². The molecule has 92 valence electrons. The summed E-state index contributed by atoms with van der Waals surface area (Å²) in [5, 5.41) is 2.12. The van der Waals surface area contributed by atoms with Crippen LogP contribution in [0.2, 0.25) is 0 Å². The van der Waals surface area contributed by atoms with E-state index in [1.807, 2.05) is 18.3 Å². The highest BCUT2D eigenvalue weighted by Crippen LogP contribution is 2.33. The van der Waals surface area contributed by atoms with Crippen molar-refractivity contribution in [1.29, 1.82) is 0 Å². The molecular formula is C13H11BrN2S2. The van der Waals surface area contributed by atoms with Crippen LogP contribution in [0.5, 0.6) is 0 Å². The average molecular weight is 339 g/mol. The molecule has 5 heteroatoms. The number of nitrogens with zero attached hydrogens (tertiary/aromatic N) is 1. The van der Waals surface area contributed by atoms with E-state index in [1.165, 1.54) is 14.3 Å². The Kier molecular flexibility index (Phi) is 3.48. The maximum absolute atomic E-state index is 6.25. The summed E-state index contributed by atoms with van der Waals surface area (Å²) in [5.74, 6) is 0. The number of rotatable bonds is 3. The van der Waals surface area contributed by atoms with E-state index in [0.29, 0.717) is 0 Å². The van der Waals surface area contributed by atoms with Gasteiger partial charge in [0.1, 0.15) is 0 Å². The molecule has 0 amide bonds. The fourth-order valence-electron chi connectivity index (χ4n) is 1.82. The van der Waals surface area contributed by atoms with Gasteiger partial charge in [0.2, 0.25) is 0 Å². The Morgan fingerprint density at radius 3 is 2.89 bits per heavy atom. The quantitative estimate of drug-likeness (QED) is 0.770. The lowest BCUT2D eigenvalue weighted by Crippen LogP contribution is -2.12. The average Bonchev–Trinajstić information content (AvgIpc) is 2.92. The van der Waals surface area contributed by atoms with Gasteiger partial charge in [-0.25, -0.2) is 0 Å². The number of halogens is 1. The molecule has 0 radical (unpaired) electrons. The van der Waals surface area contributed by atoms with Crippen molar-refractivity contribution in [3.05, 3.63) is 50.9 Å². The van der Waals surface area contributed by atoms with Crippen LogP contribution < -0.4 is 5.73 Å². The Morgan fingerprint density at radius 1 is 1.28 bits per heavy atom. The van der Waals surface area contributed by atoms with Crippen molar-refractivity contribution in [1.82, 2.24) is 4.98 Å². The second kappa shape index (κ2) is 5.09. The normalized spacial score (nSPS) is 13.0. The summed E-state index contributed by atoms with van der Waals surface area (Å²) in [6.45, 7) is 0. The molecule has 0 aromatic carbocycles. The summed E-state index contributed by atoms with van der Waals surface area (Å²) in [7, 11) is 0. The fraction of sp³-hybridized carbons (Fsp3) is 0.154. The maximum atomic E-state index is 6.25. The van der Waals surface area contributed by atoms with Gasteiger partial charge < -0.3 is 5.73 Å². The van der Waals surface area contributed by atoms with E-state index < -0.39 is 0 Å². The van der Waals surface area contributed by atoms with E-state index in [9.17, 15) is 0 Å². The zero-order valence-electron chi connectivity index (χ0n) is 9.47. The molecule has 0 saturated heterocycles. The van der Waals surface area contributed by atoms with E-state index in [4.69, 9.17) is 5.73 Å². The van der Waals surface area contributed by atoms with Gasteiger partial charge in [0.25, 0.3) is 0 Å². The van der Waals surface area contributed by atoms with Crippen LogP contribution in [0.15, 0.2) is 40.3 Å². The molecule has 3 heterocycles. The Morgan fingerprint density at radius 2 is 2.17 bits per heavy atom. The van der Waals surface area contributed by atoms with E-state index in [2.05, 4.69) is 38.4 Å². The highest BCUT2D eigenvalue weighted by molar-refractivity contribution is 9.10. The first-order chi connectivity index (χ1) is 8.72. The summed E-state index contributed by atoms with van der Waals surface area (Å²) in [6.07, 6.45) is 2.59. The molecule has 0 aliphatic carbocycles. The summed E-state index contributed by atoms with van der Waals surface area (Å²) in [5.41, 5.74) is 7.28. The van der Waals surface area contributed by atoms with E-state index in [0.717, 1.165) is 16.6 Å². The molecule has 0 aliphatic heterocycles. The third kappa shape index (κ3) is 2.49. The van der Waals surface area contributed by atoms with Gasteiger partial charge in [-0.15, -0.1) is 22.7 Å². The molecule has 0 aliphatic rings. The van der Waals surface area contributed by atoms with E-state index >= 15 is 0 Å². The maximum Gasteiger partial charge on any atom is 0.0454 e. The van der Waals surface area contributed by atoms with Crippen LogP contribution in [-0.2, 0) is 6.42 Å². The molecule has 0 saturated carbocycles. The number of thiophene rings is 2. The minimum Gasteiger partial charge on any atom is -0.323 e. The standard InChI is InChI=1S/C13H11BrN2S2/c14-8-1-2-9(16-7-8)5-10(15)12-6-13-11(18-12)3-4-17-13/h1-4,6-7,10H,5,15H2. The number of hydrogen-bond acceptors (Lipinski definition) is 4. The van der Waals surface area contributed by atoms with Gasteiger partial charge in [-0.1, -0.05) is 0 Å². The molecule has 2 N–H and O–H groups in total. The summed E-state index contributed by atoms with van der Waals surface area (Å²) in [4.78, 5) is 5.60. The van der Waals surface area contributed by atoms with Gasteiger partial charge in [0.05, 0.1) is 0 Å². The lowest BCUT2D eigenvalue weighted by atomic mass is 10.1. The smallest absolute Gasteiger partial charge is 0.0454 e. The number of hydrogen-bond donors (Lipinski definition) is 1. The van der Waals surface area contributed by atoms with Crippen molar-refractivity contribution in [3.63, 3.8) is 0 Å². The predicted molar refractivity (Wildman–Crippen MR) is 82.3 cm³/mol. The Balaban J connectivity index is 1.80. The zero-order valence-corrected chi connectivity index (χ0v) is 12.7. The molecule has 3 aromatic heterocycles. The second-order valence-corrected chi connectivity index (χ2v) is 7.05. The monoisotopic (exact) mass is 338 g/mol. The first kappa shape index (κ1) is 12.3. The lowest BCUT2D eigenvalue weighted by molar-refractivity contribution is 0.720. The molecule has 3 rings (SSSR count). The lowest BCUT2D eigenvalue weighted by Gasteiger charge is -2.08. The van der Waals surface area contributed by atoms with E-state index in [-0.39, 0.29) is 6.04 Å². The minimum atomic E-state index is 0.0308. The van der Waals surface area contributed by atoms with Crippen molar-refractivity contribution in [2.45, 2.75) is 12.5 Å². The first-order valence-electron chi connectivity index (χ1n) is 5.55. The number of aromatic nitrogens is 1. The third-order valence-electron chi connectivity index (χ3n) is 2.74. The van der Waals surface area contributed by atoms with Crippen molar-refractivity contribution in [2.75, 3.05) is 0 Å². The summed E-state index contributed by atoms with van der Waals surface area (Å²) in [6, 6.07) is 8.40. The Bertz CT molecular complexity index is 628. The van der Waals surface area contributed by atoms with Crippen molar-refractivity contribution in [3.8, 4) is 0 Å². The first-order valence-corrected chi connectivity index (χ1v) is 8.04. The second-order valence-electron chi connectivity index (χ2n) is 4.08. The van der Waals surface area contributed by atoms with Gasteiger partial charge in [-0.05, 0) is 45.6 Å². The topological polar surface area (TPSA) is 38.9 Å². The predicted octanol–water partition coefficient (Wildman–Crippen LogP) is 4.36. The number of nitrogens with two attached hydrogens (primary N) is 1. The Labute approximate surface area is 122 Å². The van der Waals surface area contributed by atoms with Crippen molar-refractivity contribution >= 4 is 48.0 Å². The Hall–Kier alpha value is -0.750. The largest absolute Gasteiger partial charge is 0.323 e. The molecule has 1 unspecified atom stereocenters. The van der Waals surface area contributed by atoms with Gasteiger partial charge in [0, 0.05) is 43.1 Å². The van der Waals surface area contributed by atoms with Gasteiger partial charge >= 0.3 is 0 Å². The molecule has 2 nitrogen and oxygen atoms in total. The van der Waals surface area contributed by atoms with Crippen LogP contribution in [0.1, 0.15) is 16.6 Å². The van der Waals surface area contributed by atoms with Crippen LogP contribution in [0.25, 0.3) is 9.40 Å². The van der Waals surface area contributed by atoms with Gasteiger partial charge in [0.15, 0.2) is 0 Å². The number of fused-ring (bicyclic) bond motifs is 1. The van der Waals surface area contributed by atoms with Crippen LogP contribution in [-0.4, -0.2) is 4.98 Å². The molecule has 0 fully saturated rings. The highest BCUT2D eigenvalue weighted by Gasteiger charge is 2.12. The van der Waals surface area contributed by atoms with Gasteiger partial charge in [-0.2, -0.15) is 0 Å². The summed E-state index contributed by atoms with van der Waals surface area (Å²) < 4.78 is 3.65. The number of pyridine rings is 1. The highest BCUT2D eigenvalue weighted by atomic mass is 79.9. The fourth-order valence-corrected chi connectivity index (χ4v) is 4.18. The van der Waals surface area contributed by atoms with Gasteiger partial charge in [-0.3, -0.25) is 4.98 Å². The molecule has 3 aromatic rings. The SMILES string of the molecule is NC(Cc1ccc(Br)cn1)c1cc2sccc2s1. The minimum absolute atomic E-state index is 0.0308. The van der Waals surface area contributed by atoms with Crippen LogP contribution in [0.3, 0.4) is 0 Å². The summed E-state index contributed by atoms with van der Waals surface area (Å²) >= 11 is 6.93. The van der Waals surface area contributed by atoms with Crippen LogP contribution >= 0.6 is 38.6 Å². The van der Waals surface area contributed by atoms with Crippen molar-refractivity contribution in [2.24, 2.45) is 5.73 Å². The third-order valence-corrected chi connectivity index (χ3v) is 5.44.